The molecule has 0 aliphatic rings. The van der Waals surface area contributed by atoms with Gasteiger partial charge in [0.1, 0.15) is 0 Å². The maximum absolute atomic E-state index is 10.5. The summed E-state index contributed by atoms with van der Waals surface area (Å²) < 4.78 is 0. The third-order valence-electron chi connectivity index (χ3n) is 5.72. The Morgan fingerprint density at radius 3 is 1.61 bits per heavy atom. The molecule has 0 aliphatic heterocycles. The summed E-state index contributed by atoms with van der Waals surface area (Å²) in [5.74, 6) is -0.907. The summed E-state index contributed by atoms with van der Waals surface area (Å²) in [6.45, 7) is 9.39. The minimum atomic E-state index is -0.907. The number of rotatable bonds is 21. The van der Waals surface area contributed by atoms with Crippen LogP contribution in [-0.4, -0.2) is 30.0 Å². The number of carbonyl (C=O) groups is 1. The Morgan fingerprint density at radius 1 is 0.714 bits per heavy atom. The summed E-state index contributed by atoms with van der Waals surface area (Å²) in [6, 6.07) is 0.624. The van der Waals surface area contributed by atoms with Crippen LogP contribution >= 0.6 is 0 Å². The van der Waals surface area contributed by atoms with Gasteiger partial charge in [-0.15, -0.1) is 0 Å². The van der Waals surface area contributed by atoms with Crippen molar-refractivity contribution in [2.75, 3.05) is 13.1 Å². The molecule has 0 N–H and O–H groups in total. The van der Waals surface area contributed by atoms with E-state index >= 15 is 0 Å². The molecule has 1 unspecified atom stereocenters. The average molecular weight is 390 g/mol. The van der Waals surface area contributed by atoms with Gasteiger partial charge in [0, 0.05) is 12.0 Å². The summed E-state index contributed by atoms with van der Waals surface area (Å²) >= 11 is 0. The van der Waals surface area contributed by atoms with Crippen molar-refractivity contribution in [2.24, 2.45) is 0 Å². The van der Waals surface area contributed by atoms with Crippen LogP contribution in [0.15, 0.2) is 0 Å². The van der Waals surface area contributed by atoms with E-state index in [2.05, 4.69) is 25.7 Å². The first-order valence-corrected chi connectivity index (χ1v) is 12.1. The van der Waals surface area contributed by atoms with Gasteiger partial charge in [-0.05, 0) is 52.1 Å². The number of unbranched alkanes of at least 4 members (excludes halogenated alkanes) is 12. The maximum atomic E-state index is 10.5. The number of nitrogens with zero attached hydrogens (tertiary/aromatic N) is 1. The van der Waals surface area contributed by atoms with Crippen LogP contribution < -0.4 is 24.0 Å². The van der Waals surface area contributed by atoms with E-state index in [0.717, 1.165) is 19.3 Å². The van der Waals surface area contributed by atoms with Crippen molar-refractivity contribution in [3.63, 3.8) is 0 Å². The standard InChI is InChI=1S/C24H49NO2.Li/c1-4-6-8-10-12-17-21-25(22-18-13-11-9-7-5-2)23(3)19-15-14-16-20-24(26)27;/h23H,4-22H2,1-3H3,(H,26,27);/q;+1/p-1. The predicted octanol–water partition coefficient (Wildman–Crippen LogP) is 3.10. The summed E-state index contributed by atoms with van der Waals surface area (Å²) in [4.78, 5) is 13.2. The SMILES string of the molecule is CCCCCCCCN(CCCCCCCC)C(C)CCCCCC(=O)[O-].[Li+]. The van der Waals surface area contributed by atoms with E-state index in [9.17, 15) is 9.90 Å². The molecule has 1 atom stereocenters. The van der Waals surface area contributed by atoms with Crippen LogP contribution in [0.4, 0.5) is 0 Å². The van der Waals surface area contributed by atoms with Crippen LogP contribution in [-0.2, 0) is 4.79 Å². The molecule has 3 nitrogen and oxygen atoms in total. The summed E-state index contributed by atoms with van der Waals surface area (Å²) in [5.41, 5.74) is 0. The van der Waals surface area contributed by atoms with Gasteiger partial charge in [-0.3, -0.25) is 0 Å². The van der Waals surface area contributed by atoms with Gasteiger partial charge in [0.2, 0.25) is 0 Å². The summed E-state index contributed by atoms with van der Waals surface area (Å²) in [5, 5.41) is 10.5. The molecule has 0 bridgehead atoms. The van der Waals surface area contributed by atoms with Crippen LogP contribution in [0.25, 0.3) is 0 Å². The van der Waals surface area contributed by atoms with Gasteiger partial charge in [-0.25, -0.2) is 0 Å². The van der Waals surface area contributed by atoms with Crippen molar-refractivity contribution in [1.82, 2.24) is 4.90 Å². The van der Waals surface area contributed by atoms with Gasteiger partial charge in [0.15, 0.2) is 0 Å². The molecule has 0 aromatic carbocycles. The van der Waals surface area contributed by atoms with Crippen molar-refractivity contribution in [3.05, 3.63) is 0 Å². The third-order valence-corrected chi connectivity index (χ3v) is 5.72. The molecule has 0 aliphatic carbocycles. The molecule has 0 heterocycles. The second kappa shape index (κ2) is 23.3. The first-order chi connectivity index (χ1) is 13.1. The number of carboxylic acid groups (broad SMARTS) is 1. The van der Waals surface area contributed by atoms with E-state index in [1.165, 1.54) is 96.6 Å². The van der Waals surface area contributed by atoms with E-state index in [-0.39, 0.29) is 25.3 Å². The molecule has 0 fully saturated rings. The largest absolute Gasteiger partial charge is 1.00 e. The Kier molecular flexibility index (Phi) is 25.2. The van der Waals surface area contributed by atoms with Crippen molar-refractivity contribution >= 4 is 5.97 Å². The van der Waals surface area contributed by atoms with E-state index in [0.29, 0.717) is 6.04 Å². The Balaban J connectivity index is 0. The van der Waals surface area contributed by atoms with Crippen molar-refractivity contribution in [3.8, 4) is 0 Å². The Morgan fingerprint density at radius 2 is 1.14 bits per heavy atom. The molecule has 28 heavy (non-hydrogen) atoms. The van der Waals surface area contributed by atoms with Gasteiger partial charge >= 0.3 is 18.9 Å². The predicted molar refractivity (Wildman–Crippen MR) is 116 cm³/mol. The normalized spacial score (nSPS) is 12.1. The number of aliphatic carboxylic acids is 1. The third kappa shape index (κ3) is 20.8. The number of hydrogen-bond donors (Lipinski definition) is 0. The molecule has 4 heteroatoms. The van der Waals surface area contributed by atoms with E-state index < -0.39 is 5.97 Å². The molecule has 0 aromatic heterocycles. The van der Waals surface area contributed by atoms with Crippen LogP contribution in [0.3, 0.4) is 0 Å². The molecule has 0 saturated carbocycles. The minimum absolute atomic E-state index is 0. The van der Waals surface area contributed by atoms with Crippen LogP contribution in [0.5, 0.6) is 0 Å². The first kappa shape index (κ1) is 30.2. The fraction of sp³-hybridized carbons (Fsp3) is 0.958. The van der Waals surface area contributed by atoms with E-state index in [1.54, 1.807) is 0 Å². The maximum Gasteiger partial charge on any atom is 1.00 e. The van der Waals surface area contributed by atoms with E-state index in [1.807, 2.05) is 0 Å². The average Bonchev–Trinajstić information content (AvgIpc) is 2.64. The van der Waals surface area contributed by atoms with Crippen LogP contribution in [0.1, 0.15) is 130 Å². The molecular weight excluding hydrogens is 341 g/mol. The zero-order valence-electron chi connectivity index (χ0n) is 19.8. The van der Waals surface area contributed by atoms with Gasteiger partial charge < -0.3 is 14.8 Å². The fourth-order valence-electron chi connectivity index (χ4n) is 3.81. The first-order valence-electron chi connectivity index (χ1n) is 12.1. The van der Waals surface area contributed by atoms with Crippen molar-refractivity contribution in [1.29, 1.82) is 0 Å². The molecule has 0 amide bonds. The van der Waals surface area contributed by atoms with E-state index in [4.69, 9.17) is 0 Å². The second-order valence-corrected chi connectivity index (χ2v) is 8.39. The monoisotopic (exact) mass is 389 g/mol. The molecule has 0 saturated heterocycles. The second-order valence-electron chi connectivity index (χ2n) is 8.39. The molecule has 162 valence electrons. The Hall–Kier alpha value is 0.0274. The molecular formula is C24H48LiNO2. The number of hydrogen-bond acceptors (Lipinski definition) is 3. The summed E-state index contributed by atoms with van der Waals surface area (Å²) in [7, 11) is 0. The van der Waals surface area contributed by atoms with Crippen molar-refractivity contribution in [2.45, 2.75) is 136 Å². The number of carbonyl (C=O) groups excluding carboxylic acids is 1. The Labute approximate surface area is 188 Å². The minimum Gasteiger partial charge on any atom is -0.550 e. The number of carboxylic acids is 1. The Bertz CT molecular complexity index is 310. The zero-order valence-corrected chi connectivity index (χ0v) is 19.8. The topological polar surface area (TPSA) is 43.4 Å². The molecule has 0 radical (unpaired) electrons. The zero-order chi connectivity index (χ0) is 20.2. The molecule has 0 rings (SSSR count). The van der Waals surface area contributed by atoms with Gasteiger partial charge in [-0.1, -0.05) is 90.9 Å². The van der Waals surface area contributed by atoms with Crippen molar-refractivity contribution < 1.29 is 28.8 Å². The van der Waals surface area contributed by atoms with Crippen LogP contribution in [0, 0.1) is 0 Å². The van der Waals surface area contributed by atoms with Gasteiger partial charge in [0.05, 0.1) is 0 Å². The fourth-order valence-corrected chi connectivity index (χ4v) is 3.81. The summed E-state index contributed by atoms with van der Waals surface area (Å²) in [6.07, 6.45) is 20.7. The molecule has 0 aromatic rings. The van der Waals surface area contributed by atoms with Crippen LogP contribution in [0.2, 0.25) is 0 Å². The van der Waals surface area contributed by atoms with Gasteiger partial charge in [0.25, 0.3) is 0 Å². The quantitative estimate of drug-likeness (QED) is 0.224. The van der Waals surface area contributed by atoms with Gasteiger partial charge in [-0.2, -0.15) is 0 Å². The molecule has 0 spiro atoms. The smallest absolute Gasteiger partial charge is 0.550 e.